The van der Waals surface area contributed by atoms with Crippen LogP contribution in [0, 0.1) is 0 Å². The molecule has 0 aromatic rings. The van der Waals surface area contributed by atoms with Crippen molar-refractivity contribution in [1.29, 1.82) is 0 Å². The van der Waals surface area contributed by atoms with E-state index in [0.29, 0.717) is 26.1 Å². The molecule has 0 heterocycles. The van der Waals surface area contributed by atoms with Crippen LogP contribution in [0.25, 0.3) is 0 Å². The predicted octanol–water partition coefficient (Wildman–Crippen LogP) is -0.0852. The number of carboxylic acid groups (broad SMARTS) is 1. The molecule has 2 atom stereocenters. The topological polar surface area (TPSA) is 81.0 Å². The standard InChI is InChI=1S/C10H21NO4/c1-8(12)6-11(7-9(2)13)5-3-4-10(14)15/h8-9,12-13H,3-7H2,1-2H3,(H,14,15). The number of aliphatic carboxylic acids is 1. The summed E-state index contributed by atoms with van der Waals surface area (Å²) in [7, 11) is 0. The number of hydrogen-bond acceptors (Lipinski definition) is 4. The second kappa shape index (κ2) is 7.62. The van der Waals surface area contributed by atoms with Crippen molar-refractivity contribution in [2.24, 2.45) is 0 Å². The quantitative estimate of drug-likeness (QED) is 0.532. The van der Waals surface area contributed by atoms with Gasteiger partial charge in [-0.3, -0.25) is 9.69 Å². The van der Waals surface area contributed by atoms with E-state index in [0.717, 1.165) is 0 Å². The van der Waals surface area contributed by atoms with E-state index in [-0.39, 0.29) is 6.42 Å². The number of aliphatic hydroxyl groups is 2. The lowest BCUT2D eigenvalue weighted by atomic mass is 10.2. The lowest BCUT2D eigenvalue weighted by Crippen LogP contribution is -2.37. The highest BCUT2D eigenvalue weighted by atomic mass is 16.4. The number of carboxylic acids is 1. The number of rotatable bonds is 8. The molecule has 0 bridgehead atoms. The van der Waals surface area contributed by atoms with Crippen molar-refractivity contribution in [2.75, 3.05) is 19.6 Å². The molecule has 0 saturated carbocycles. The molecule has 0 aromatic heterocycles. The average Bonchev–Trinajstić information content (AvgIpc) is 2.00. The minimum atomic E-state index is -0.816. The number of carbonyl (C=O) groups is 1. The van der Waals surface area contributed by atoms with Crippen molar-refractivity contribution in [3.8, 4) is 0 Å². The Labute approximate surface area is 90.3 Å². The average molecular weight is 219 g/mol. The number of hydrogen-bond donors (Lipinski definition) is 3. The minimum absolute atomic E-state index is 0.121. The van der Waals surface area contributed by atoms with E-state index in [2.05, 4.69) is 0 Å². The molecule has 15 heavy (non-hydrogen) atoms. The van der Waals surface area contributed by atoms with E-state index in [1.807, 2.05) is 4.90 Å². The van der Waals surface area contributed by atoms with Crippen LogP contribution in [-0.2, 0) is 4.79 Å². The van der Waals surface area contributed by atoms with Crippen molar-refractivity contribution >= 4 is 5.97 Å². The summed E-state index contributed by atoms with van der Waals surface area (Å²) in [5.41, 5.74) is 0. The van der Waals surface area contributed by atoms with Crippen LogP contribution >= 0.6 is 0 Å². The van der Waals surface area contributed by atoms with Gasteiger partial charge >= 0.3 is 5.97 Å². The highest BCUT2D eigenvalue weighted by molar-refractivity contribution is 5.66. The Morgan fingerprint density at radius 3 is 2.00 bits per heavy atom. The van der Waals surface area contributed by atoms with Gasteiger partial charge in [0.2, 0.25) is 0 Å². The molecule has 3 N–H and O–H groups in total. The normalized spacial score (nSPS) is 15.3. The van der Waals surface area contributed by atoms with E-state index in [9.17, 15) is 15.0 Å². The lowest BCUT2D eigenvalue weighted by molar-refractivity contribution is -0.137. The van der Waals surface area contributed by atoms with Crippen LogP contribution in [0.4, 0.5) is 0 Å². The van der Waals surface area contributed by atoms with E-state index in [1.165, 1.54) is 0 Å². The summed E-state index contributed by atoms with van der Waals surface area (Å²) in [4.78, 5) is 12.2. The molecule has 5 heteroatoms. The molecule has 0 saturated heterocycles. The van der Waals surface area contributed by atoms with Crippen LogP contribution in [0.1, 0.15) is 26.7 Å². The first-order valence-electron chi connectivity index (χ1n) is 5.22. The molecule has 0 rings (SSSR count). The Balaban J connectivity index is 3.84. The van der Waals surface area contributed by atoms with Crippen LogP contribution in [0.3, 0.4) is 0 Å². The Kier molecular flexibility index (Phi) is 7.29. The van der Waals surface area contributed by atoms with Gasteiger partial charge in [0, 0.05) is 19.5 Å². The molecule has 2 unspecified atom stereocenters. The van der Waals surface area contributed by atoms with Gasteiger partial charge in [-0.1, -0.05) is 0 Å². The Hall–Kier alpha value is -0.650. The largest absolute Gasteiger partial charge is 0.481 e. The fourth-order valence-electron chi connectivity index (χ4n) is 1.46. The van der Waals surface area contributed by atoms with Crippen molar-refractivity contribution in [1.82, 2.24) is 4.90 Å². The minimum Gasteiger partial charge on any atom is -0.481 e. The first kappa shape index (κ1) is 14.3. The zero-order valence-corrected chi connectivity index (χ0v) is 9.39. The van der Waals surface area contributed by atoms with Crippen molar-refractivity contribution in [3.63, 3.8) is 0 Å². The third kappa shape index (κ3) is 9.65. The fraction of sp³-hybridized carbons (Fsp3) is 0.900. The summed E-state index contributed by atoms with van der Waals surface area (Å²) in [6, 6.07) is 0. The summed E-state index contributed by atoms with van der Waals surface area (Å²) in [6.07, 6.45) is -0.271. The van der Waals surface area contributed by atoms with E-state index in [4.69, 9.17) is 5.11 Å². The van der Waals surface area contributed by atoms with Gasteiger partial charge in [0.1, 0.15) is 0 Å². The Bertz CT molecular complexity index is 172. The maximum Gasteiger partial charge on any atom is 0.303 e. The summed E-state index contributed by atoms with van der Waals surface area (Å²) >= 11 is 0. The van der Waals surface area contributed by atoms with Crippen LogP contribution in [-0.4, -0.2) is 58.0 Å². The maximum atomic E-state index is 10.3. The van der Waals surface area contributed by atoms with Crippen LogP contribution in [0.15, 0.2) is 0 Å². The zero-order valence-electron chi connectivity index (χ0n) is 9.39. The summed E-state index contributed by atoms with van der Waals surface area (Å²) in [6.45, 7) is 4.86. The number of aliphatic hydroxyl groups excluding tert-OH is 2. The maximum absolute atomic E-state index is 10.3. The second-order valence-electron chi connectivity index (χ2n) is 3.95. The highest BCUT2D eigenvalue weighted by Crippen LogP contribution is 1.99. The molecule has 0 spiro atoms. The van der Waals surface area contributed by atoms with E-state index in [1.54, 1.807) is 13.8 Å². The SMILES string of the molecule is CC(O)CN(CCCC(=O)O)CC(C)O. The Morgan fingerprint density at radius 2 is 1.67 bits per heavy atom. The molecule has 0 fully saturated rings. The van der Waals surface area contributed by atoms with Crippen molar-refractivity contribution < 1.29 is 20.1 Å². The zero-order chi connectivity index (χ0) is 11.8. The first-order valence-corrected chi connectivity index (χ1v) is 5.22. The van der Waals surface area contributed by atoms with Gasteiger partial charge < -0.3 is 15.3 Å². The summed E-state index contributed by atoms with van der Waals surface area (Å²) in [5.74, 6) is -0.816. The van der Waals surface area contributed by atoms with Crippen LogP contribution in [0.5, 0.6) is 0 Å². The van der Waals surface area contributed by atoms with Crippen molar-refractivity contribution in [2.45, 2.75) is 38.9 Å². The molecule has 0 aromatic carbocycles. The molecule has 5 nitrogen and oxygen atoms in total. The van der Waals surface area contributed by atoms with Gasteiger partial charge in [-0.05, 0) is 26.8 Å². The molecular weight excluding hydrogens is 198 g/mol. The third-order valence-electron chi connectivity index (χ3n) is 1.91. The van der Waals surface area contributed by atoms with Gasteiger partial charge in [-0.15, -0.1) is 0 Å². The first-order chi connectivity index (χ1) is 6.91. The van der Waals surface area contributed by atoms with Crippen LogP contribution < -0.4 is 0 Å². The summed E-state index contributed by atoms with van der Waals surface area (Å²) < 4.78 is 0. The van der Waals surface area contributed by atoms with E-state index < -0.39 is 18.2 Å². The molecule has 0 aliphatic rings. The molecule has 0 radical (unpaired) electrons. The monoisotopic (exact) mass is 219 g/mol. The molecule has 0 amide bonds. The molecule has 0 aliphatic heterocycles. The second-order valence-corrected chi connectivity index (χ2v) is 3.95. The summed E-state index contributed by atoms with van der Waals surface area (Å²) in [5, 5.41) is 26.9. The van der Waals surface area contributed by atoms with Gasteiger partial charge in [0.15, 0.2) is 0 Å². The van der Waals surface area contributed by atoms with Gasteiger partial charge in [-0.2, -0.15) is 0 Å². The highest BCUT2D eigenvalue weighted by Gasteiger charge is 2.11. The van der Waals surface area contributed by atoms with Gasteiger partial charge in [0.05, 0.1) is 12.2 Å². The van der Waals surface area contributed by atoms with Crippen LogP contribution in [0.2, 0.25) is 0 Å². The molecule has 0 aliphatic carbocycles. The molecular formula is C10H21NO4. The molecule has 90 valence electrons. The number of nitrogens with zero attached hydrogens (tertiary/aromatic N) is 1. The smallest absolute Gasteiger partial charge is 0.303 e. The van der Waals surface area contributed by atoms with Crippen molar-refractivity contribution in [3.05, 3.63) is 0 Å². The van der Waals surface area contributed by atoms with E-state index >= 15 is 0 Å². The van der Waals surface area contributed by atoms with Gasteiger partial charge in [-0.25, -0.2) is 0 Å². The third-order valence-corrected chi connectivity index (χ3v) is 1.91. The Morgan fingerprint density at radius 1 is 1.20 bits per heavy atom. The fourth-order valence-corrected chi connectivity index (χ4v) is 1.46. The lowest BCUT2D eigenvalue weighted by Gasteiger charge is -2.24. The van der Waals surface area contributed by atoms with Gasteiger partial charge in [0.25, 0.3) is 0 Å². The predicted molar refractivity (Wildman–Crippen MR) is 56.7 cm³/mol.